The van der Waals surface area contributed by atoms with Crippen LogP contribution in [0.5, 0.6) is 0 Å². The highest BCUT2D eigenvalue weighted by molar-refractivity contribution is 8.39. The largest absolute Gasteiger partial charge is 0.170 e. The van der Waals surface area contributed by atoms with Crippen LogP contribution in [0.3, 0.4) is 0 Å². The molecule has 10 aromatic carbocycles. The maximum absolute atomic E-state index is 4.18. The minimum atomic E-state index is -1.37. The van der Waals surface area contributed by atoms with Gasteiger partial charge in [0.05, 0.1) is 0 Å². The maximum atomic E-state index is 4.18. The third-order valence-electron chi connectivity index (χ3n) is 21.0. The summed E-state index contributed by atoms with van der Waals surface area (Å²) >= 11 is 0. The molecule has 0 spiro atoms. The zero-order chi connectivity index (χ0) is 66.8. The molecule has 0 radical (unpaired) electrons. The molecular formula is C88H106S4. The Morgan fingerprint density at radius 3 is 0.533 bits per heavy atom. The first kappa shape index (κ1) is 68.8. The van der Waals surface area contributed by atoms with Crippen molar-refractivity contribution in [3.8, 4) is 55.8 Å². The molecule has 0 aliphatic rings. The van der Waals surface area contributed by atoms with Crippen LogP contribution in [-0.4, -0.2) is 63.0 Å². The van der Waals surface area contributed by atoms with Gasteiger partial charge in [0.25, 0.3) is 0 Å². The van der Waals surface area contributed by atoms with Gasteiger partial charge < -0.3 is 0 Å². The molecule has 482 valence electrons. The second kappa shape index (κ2) is 26.6. The van der Waals surface area contributed by atoms with Crippen molar-refractivity contribution in [1.82, 2.24) is 0 Å². The van der Waals surface area contributed by atoms with Gasteiger partial charge in [0.2, 0.25) is 0 Å². The normalized spacial score (nSPS) is 13.7. The van der Waals surface area contributed by atoms with E-state index < -0.39 is 40.1 Å². The molecule has 0 nitrogen and oxygen atoms in total. The number of benzene rings is 10. The van der Waals surface area contributed by atoms with Gasteiger partial charge in [0, 0.05) is 22.3 Å². The van der Waals surface area contributed by atoms with E-state index in [0.29, 0.717) is 63.0 Å². The number of hydrogen-bond donors (Lipinski definition) is 0. The van der Waals surface area contributed by atoms with Crippen molar-refractivity contribution < 1.29 is 0 Å². The van der Waals surface area contributed by atoms with Gasteiger partial charge in [-0.15, -0.1) is 0 Å². The van der Waals surface area contributed by atoms with Crippen LogP contribution < -0.4 is 0 Å². The summed E-state index contributed by atoms with van der Waals surface area (Å²) in [5, 5.41) is 41.3. The van der Waals surface area contributed by atoms with E-state index in [1.54, 1.807) is 0 Å². The van der Waals surface area contributed by atoms with E-state index in [-0.39, 0.29) is 0 Å². The van der Waals surface area contributed by atoms with Crippen LogP contribution in [0.1, 0.15) is 188 Å². The smallest absolute Gasteiger partial charge is 0.0411 e. The van der Waals surface area contributed by atoms with Crippen molar-refractivity contribution in [2.24, 2.45) is 0 Å². The summed E-state index contributed by atoms with van der Waals surface area (Å²) in [6, 6.07) is 51.5. The molecule has 0 N–H and O–H groups in total. The topological polar surface area (TPSA) is 0 Å². The van der Waals surface area contributed by atoms with Gasteiger partial charge in [-0.2, -0.15) is 40.1 Å². The highest BCUT2D eigenvalue weighted by Gasteiger charge is 2.37. The molecule has 0 aliphatic carbocycles. The predicted molar refractivity (Wildman–Crippen MR) is 431 cm³/mol. The van der Waals surface area contributed by atoms with Crippen LogP contribution >= 0.6 is 40.1 Å². The average Bonchev–Trinajstić information content (AvgIpc) is 0.733. The van der Waals surface area contributed by atoms with Crippen LogP contribution in [0.15, 0.2) is 133 Å². The Morgan fingerprint density at radius 1 is 0.196 bits per heavy atom. The maximum Gasteiger partial charge on any atom is 0.0411 e. The van der Waals surface area contributed by atoms with Crippen molar-refractivity contribution in [3.63, 3.8) is 0 Å². The summed E-state index contributed by atoms with van der Waals surface area (Å²) in [5.41, 5.74) is 6.85. The quantitative estimate of drug-likeness (QED) is 0.0797. The lowest BCUT2D eigenvalue weighted by Gasteiger charge is -2.46. The van der Waals surface area contributed by atoms with Crippen LogP contribution in [0.2, 0.25) is 0 Å². The molecular weight excluding hydrogens is 1190 g/mol. The summed E-state index contributed by atoms with van der Waals surface area (Å²) in [7, 11) is -5.45. The molecule has 10 aromatic rings. The zero-order valence-electron chi connectivity index (χ0n) is 60.3. The summed E-state index contributed by atoms with van der Waals surface area (Å²) in [6.07, 6.45) is 0. The van der Waals surface area contributed by atoms with Gasteiger partial charge in [-0.05, 0) is 242 Å². The molecule has 92 heavy (non-hydrogen) atoms. The molecule has 0 bridgehead atoms. The first-order valence-corrected chi connectivity index (χ1v) is 41.8. The van der Waals surface area contributed by atoms with Crippen molar-refractivity contribution in [3.05, 3.63) is 156 Å². The number of rotatable bonds is 13. The lowest BCUT2D eigenvalue weighted by Crippen LogP contribution is -2.27. The highest BCUT2D eigenvalue weighted by Crippen LogP contribution is 2.63. The molecule has 0 atom stereocenters. The van der Waals surface area contributed by atoms with E-state index in [1.165, 1.54) is 97.3 Å². The summed E-state index contributed by atoms with van der Waals surface area (Å²) in [5.74, 6) is 16.4. The SMILES string of the molecule is CC(C)S(C#Cc1c2cc3ccccc3cc2c(C#CS(C(C)C)(C(C)C)C(C)C)c2cc3cc(-c4ccc5cc6c(C#CS(C(C)C)(C(C)C)C(C)C)c7cc8ccccc8cc7c(C#CS(C(C)C)(C(C)C)C(C)C)c6cc5c4)ccc3cc12)(C(C)C)C(C)C. The summed E-state index contributed by atoms with van der Waals surface area (Å²) in [4.78, 5) is 0. The molecule has 0 saturated carbocycles. The van der Waals surface area contributed by atoms with E-state index in [1.807, 2.05) is 0 Å². The Bertz CT molecular complexity index is 4380. The molecule has 10 rings (SSSR count). The van der Waals surface area contributed by atoms with E-state index in [9.17, 15) is 0 Å². The van der Waals surface area contributed by atoms with Crippen molar-refractivity contribution in [1.29, 1.82) is 0 Å². The number of fused-ring (bicyclic) bond motifs is 8. The first-order chi connectivity index (χ1) is 43.5. The Kier molecular flexibility index (Phi) is 19.9. The monoisotopic (exact) mass is 1290 g/mol. The van der Waals surface area contributed by atoms with E-state index in [0.717, 1.165) is 22.3 Å². The Balaban J connectivity index is 1.29. The molecule has 4 heteroatoms. The van der Waals surface area contributed by atoms with Gasteiger partial charge in [0.1, 0.15) is 0 Å². The molecule has 0 aromatic heterocycles. The molecule has 0 amide bonds. The van der Waals surface area contributed by atoms with Gasteiger partial charge in [-0.1, -0.05) is 263 Å². The minimum Gasteiger partial charge on any atom is -0.170 e. The fraction of sp³-hybridized carbons (Fsp3) is 0.409. The molecule has 0 aliphatic heterocycles. The van der Waals surface area contributed by atoms with E-state index in [2.05, 4.69) is 344 Å². The fourth-order valence-corrected chi connectivity index (χ4v) is 33.7. The van der Waals surface area contributed by atoms with Crippen molar-refractivity contribution in [2.45, 2.75) is 229 Å². The summed E-state index contributed by atoms with van der Waals surface area (Å²) in [6.45, 7) is 57.7. The van der Waals surface area contributed by atoms with Crippen LogP contribution in [0.4, 0.5) is 0 Å². The molecule has 0 unspecified atom stereocenters. The first-order valence-electron chi connectivity index (χ1n) is 34.5. The standard InChI is InChI=1S/C88H106S4/c1-55(2)89(56(3)4,57(5)6)41-37-77-81-47-67-29-25-27-31-69(67)49-83(81)79(39-43-91(61(13)14,62(15)16)63(17)18)87-53-75-45-71(33-35-73(75)51-85(77)87)72-34-36-74-52-86-78(38-42-90(58(7)8,59(9)10)60(11)12)82-48-68-30-26-28-32-70(68)50-84(82)80(88(86)54-76(74)46-72)40-44-92(64(19)20,65(21)22)66(23)24/h25-36,45-66H,1-24H3. The fourth-order valence-electron chi connectivity index (χ4n) is 16.7. The minimum absolute atomic E-state index is 0.446. The average molecular weight is 1290 g/mol. The van der Waals surface area contributed by atoms with Crippen molar-refractivity contribution >= 4 is 126 Å². The van der Waals surface area contributed by atoms with E-state index in [4.69, 9.17) is 0 Å². The van der Waals surface area contributed by atoms with Crippen LogP contribution in [-0.2, 0) is 0 Å². The lowest BCUT2D eigenvalue weighted by molar-refractivity contribution is 0.959. The third-order valence-corrected chi connectivity index (χ3v) is 41.5. The zero-order valence-corrected chi connectivity index (χ0v) is 63.5. The van der Waals surface area contributed by atoms with Gasteiger partial charge in [0.15, 0.2) is 0 Å². The van der Waals surface area contributed by atoms with Gasteiger partial charge in [-0.3, -0.25) is 0 Å². The Morgan fingerprint density at radius 2 is 0.359 bits per heavy atom. The van der Waals surface area contributed by atoms with E-state index >= 15 is 0 Å². The lowest BCUT2D eigenvalue weighted by atomic mass is 9.88. The summed E-state index contributed by atoms with van der Waals surface area (Å²) < 4.78 is 0. The predicted octanol–water partition coefficient (Wildman–Crippen LogP) is 25.9. The van der Waals surface area contributed by atoms with Gasteiger partial charge in [-0.25, -0.2) is 0 Å². The Hall–Kier alpha value is -6.08. The highest BCUT2D eigenvalue weighted by atomic mass is 32.3. The Labute approximate surface area is 562 Å². The second-order valence-corrected chi connectivity index (χ2v) is 47.7. The van der Waals surface area contributed by atoms with Crippen LogP contribution in [0.25, 0.3) is 97.3 Å². The third kappa shape index (κ3) is 11.7. The van der Waals surface area contributed by atoms with Gasteiger partial charge >= 0.3 is 0 Å². The van der Waals surface area contributed by atoms with Crippen molar-refractivity contribution in [2.75, 3.05) is 0 Å². The molecule has 0 fully saturated rings. The number of hydrogen-bond acceptors (Lipinski definition) is 0. The second-order valence-electron chi connectivity index (χ2n) is 29.4. The van der Waals surface area contributed by atoms with Crippen LogP contribution in [0, 0.1) is 44.7 Å². The molecule has 0 saturated heterocycles. The molecule has 0 heterocycles.